The molecule has 0 saturated carbocycles. The summed E-state index contributed by atoms with van der Waals surface area (Å²) < 4.78 is 4.65. The van der Waals surface area contributed by atoms with Gasteiger partial charge in [0.15, 0.2) is 0 Å². The fraction of sp³-hybridized carbons (Fsp3) is 0.727. The lowest BCUT2D eigenvalue weighted by Crippen LogP contribution is -2.32. The smallest absolute Gasteiger partial charge is 0.311 e. The van der Waals surface area contributed by atoms with Gasteiger partial charge in [0.25, 0.3) is 0 Å². The first-order valence-corrected chi connectivity index (χ1v) is 4.81. The van der Waals surface area contributed by atoms with Crippen LogP contribution in [0.1, 0.15) is 27.7 Å². The van der Waals surface area contributed by atoms with Gasteiger partial charge < -0.3 is 9.84 Å². The van der Waals surface area contributed by atoms with Gasteiger partial charge in [0.2, 0.25) is 0 Å². The van der Waals surface area contributed by atoms with Gasteiger partial charge >= 0.3 is 5.97 Å². The zero-order valence-electron chi connectivity index (χ0n) is 9.57. The Hall–Kier alpha value is -0.830. The summed E-state index contributed by atoms with van der Waals surface area (Å²) >= 11 is 0. The van der Waals surface area contributed by atoms with Crippen molar-refractivity contribution < 1.29 is 14.6 Å². The Morgan fingerprint density at radius 3 is 2.14 bits per heavy atom. The molecule has 2 atom stereocenters. The summed E-state index contributed by atoms with van der Waals surface area (Å²) in [5, 5.41) is 9.77. The van der Waals surface area contributed by atoms with E-state index >= 15 is 0 Å². The highest BCUT2D eigenvalue weighted by Gasteiger charge is 2.29. The van der Waals surface area contributed by atoms with E-state index in [-0.39, 0.29) is 11.9 Å². The molecule has 0 spiro atoms. The van der Waals surface area contributed by atoms with Gasteiger partial charge in [-0.25, -0.2) is 0 Å². The van der Waals surface area contributed by atoms with E-state index in [4.69, 9.17) is 0 Å². The van der Waals surface area contributed by atoms with Gasteiger partial charge in [0.05, 0.1) is 19.1 Å². The summed E-state index contributed by atoms with van der Waals surface area (Å²) in [4.78, 5) is 11.4. The van der Waals surface area contributed by atoms with Gasteiger partial charge in [-0.1, -0.05) is 25.5 Å². The molecule has 0 bridgehead atoms. The van der Waals surface area contributed by atoms with Crippen molar-refractivity contribution in [3.8, 4) is 0 Å². The number of hydrogen-bond acceptors (Lipinski definition) is 3. The van der Waals surface area contributed by atoms with Crippen LogP contribution in [0, 0.1) is 11.8 Å². The second kappa shape index (κ2) is 5.81. The van der Waals surface area contributed by atoms with Gasteiger partial charge in [-0.15, -0.1) is 0 Å². The van der Waals surface area contributed by atoms with Crippen molar-refractivity contribution in [1.29, 1.82) is 0 Å². The number of rotatable bonds is 4. The minimum Gasteiger partial charge on any atom is -0.469 e. The van der Waals surface area contributed by atoms with Crippen molar-refractivity contribution in [1.82, 2.24) is 0 Å². The highest BCUT2D eigenvalue weighted by atomic mass is 16.5. The monoisotopic (exact) mass is 200 g/mol. The Morgan fingerprint density at radius 2 is 1.86 bits per heavy atom. The fourth-order valence-electron chi connectivity index (χ4n) is 1.39. The quantitative estimate of drug-likeness (QED) is 0.555. The van der Waals surface area contributed by atoms with E-state index in [9.17, 15) is 9.90 Å². The van der Waals surface area contributed by atoms with E-state index in [0.29, 0.717) is 0 Å². The number of carbonyl (C=O) groups excluding carboxylic acids is 1. The van der Waals surface area contributed by atoms with Crippen molar-refractivity contribution in [2.45, 2.75) is 33.8 Å². The number of allylic oxidation sites excluding steroid dienone is 1. The van der Waals surface area contributed by atoms with Crippen LogP contribution in [-0.2, 0) is 9.53 Å². The summed E-state index contributed by atoms with van der Waals surface area (Å²) in [7, 11) is 1.34. The van der Waals surface area contributed by atoms with Gasteiger partial charge in [-0.05, 0) is 19.8 Å². The van der Waals surface area contributed by atoms with Gasteiger partial charge in [0, 0.05) is 0 Å². The van der Waals surface area contributed by atoms with Crippen molar-refractivity contribution >= 4 is 5.97 Å². The number of methoxy groups -OCH3 is 1. The predicted octanol–water partition coefficient (Wildman–Crippen LogP) is 1.76. The maximum absolute atomic E-state index is 11.4. The molecule has 0 unspecified atom stereocenters. The molecule has 82 valence electrons. The molecule has 0 aliphatic rings. The molecular weight excluding hydrogens is 180 g/mol. The molecule has 0 aromatic heterocycles. The average molecular weight is 200 g/mol. The SMILES string of the molecule is COC(=O)[C@@H](C(C)C)[C@H](O)C=C(C)C. The molecule has 14 heavy (non-hydrogen) atoms. The number of aliphatic hydroxyl groups excluding tert-OH is 1. The number of carbonyl (C=O) groups is 1. The maximum Gasteiger partial charge on any atom is 0.311 e. The van der Waals surface area contributed by atoms with Gasteiger partial charge in [-0.2, -0.15) is 0 Å². The first-order valence-electron chi connectivity index (χ1n) is 4.81. The molecule has 0 aliphatic carbocycles. The molecule has 0 aromatic rings. The van der Waals surface area contributed by atoms with E-state index < -0.39 is 12.0 Å². The number of hydrogen-bond donors (Lipinski definition) is 1. The highest BCUT2D eigenvalue weighted by Crippen LogP contribution is 2.19. The number of esters is 1. The van der Waals surface area contributed by atoms with Crippen LogP contribution >= 0.6 is 0 Å². The van der Waals surface area contributed by atoms with Crippen LogP contribution in [0.25, 0.3) is 0 Å². The Kier molecular flexibility index (Phi) is 5.46. The van der Waals surface area contributed by atoms with Gasteiger partial charge in [-0.3, -0.25) is 4.79 Å². The Bertz CT molecular complexity index is 215. The van der Waals surface area contributed by atoms with Crippen molar-refractivity contribution in [3.63, 3.8) is 0 Å². The first-order chi connectivity index (χ1) is 6.40. The lowest BCUT2D eigenvalue weighted by Gasteiger charge is -2.21. The second-order valence-electron chi connectivity index (χ2n) is 4.03. The molecule has 3 nitrogen and oxygen atoms in total. The Labute approximate surface area is 85.8 Å². The summed E-state index contributed by atoms with van der Waals surface area (Å²) in [6, 6.07) is 0. The minimum atomic E-state index is -0.757. The molecule has 0 amide bonds. The first kappa shape index (κ1) is 13.2. The second-order valence-corrected chi connectivity index (χ2v) is 4.03. The Morgan fingerprint density at radius 1 is 1.36 bits per heavy atom. The molecule has 0 aliphatic heterocycles. The largest absolute Gasteiger partial charge is 0.469 e. The third-order valence-electron chi connectivity index (χ3n) is 2.06. The summed E-state index contributed by atoms with van der Waals surface area (Å²) in [5.74, 6) is -0.770. The molecule has 1 N–H and O–H groups in total. The van der Waals surface area contributed by atoms with Crippen LogP contribution in [0.5, 0.6) is 0 Å². The fourth-order valence-corrected chi connectivity index (χ4v) is 1.39. The topological polar surface area (TPSA) is 46.5 Å². The van der Waals surface area contributed by atoms with Crippen LogP contribution in [0.4, 0.5) is 0 Å². The third kappa shape index (κ3) is 3.92. The summed E-state index contributed by atoms with van der Waals surface area (Å²) in [6.07, 6.45) is 0.925. The van der Waals surface area contributed by atoms with E-state index in [2.05, 4.69) is 4.74 Å². The summed E-state index contributed by atoms with van der Waals surface area (Å²) in [5.41, 5.74) is 0.993. The maximum atomic E-state index is 11.4. The van der Waals surface area contributed by atoms with Crippen molar-refractivity contribution in [2.24, 2.45) is 11.8 Å². The molecular formula is C11H20O3. The zero-order valence-corrected chi connectivity index (χ0v) is 9.57. The minimum absolute atomic E-state index is 0.0630. The lowest BCUT2D eigenvalue weighted by atomic mass is 9.89. The zero-order chi connectivity index (χ0) is 11.3. The van der Waals surface area contributed by atoms with Crippen molar-refractivity contribution in [3.05, 3.63) is 11.6 Å². The number of aliphatic hydroxyl groups is 1. The molecule has 0 saturated heterocycles. The van der Waals surface area contributed by atoms with Crippen LogP contribution in [0.2, 0.25) is 0 Å². The predicted molar refractivity (Wildman–Crippen MR) is 55.8 cm³/mol. The van der Waals surface area contributed by atoms with E-state index in [1.165, 1.54) is 7.11 Å². The van der Waals surface area contributed by atoms with E-state index in [1.54, 1.807) is 6.08 Å². The molecule has 3 heteroatoms. The van der Waals surface area contributed by atoms with Crippen LogP contribution in [-0.4, -0.2) is 24.3 Å². The molecule has 0 heterocycles. The standard InChI is InChI=1S/C11H20O3/c1-7(2)6-9(12)10(8(3)4)11(13)14-5/h6,8-10,12H,1-5H3/t9-,10+/m1/s1. The molecule has 0 aromatic carbocycles. The normalized spacial score (nSPS) is 14.8. The number of ether oxygens (including phenoxy) is 1. The molecule has 0 radical (unpaired) electrons. The lowest BCUT2D eigenvalue weighted by molar-refractivity contribution is -0.150. The summed E-state index contributed by atoms with van der Waals surface area (Å²) in [6.45, 7) is 7.56. The van der Waals surface area contributed by atoms with E-state index in [0.717, 1.165) is 5.57 Å². The van der Waals surface area contributed by atoms with E-state index in [1.807, 2.05) is 27.7 Å². The van der Waals surface area contributed by atoms with Gasteiger partial charge in [0.1, 0.15) is 0 Å². The highest BCUT2D eigenvalue weighted by molar-refractivity contribution is 5.73. The van der Waals surface area contributed by atoms with Crippen LogP contribution in [0.3, 0.4) is 0 Å². The van der Waals surface area contributed by atoms with Crippen LogP contribution < -0.4 is 0 Å². The molecule has 0 rings (SSSR count). The van der Waals surface area contributed by atoms with Crippen molar-refractivity contribution in [2.75, 3.05) is 7.11 Å². The third-order valence-corrected chi connectivity index (χ3v) is 2.06. The molecule has 0 fully saturated rings. The van der Waals surface area contributed by atoms with Crippen LogP contribution in [0.15, 0.2) is 11.6 Å². The Balaban J connectivity index is 4.66. The average Bonchev–Trinajstić information content (AvgIpc) is 2.01.